The van der Waals surface area contributed by atoms with Crippen LogP contribution in [-0.4, -0.2) is 18.3 Å². The van der Waals surface area contributed by atoms with E-state index in [1.54, 1.807) is 0 Å². The van der Waals surface area contributed by atoms with Crippen molar-refractivity contribution in [2.24, 2.45) is 0 Å². The summed E-state index contributed by atoms with van der Waals surface area (Å²) in [5.41, 5.74) is -0.232. The zero-order chi connectivity index (χ0) is 15.3. The molecule has 1 aliphatic rings. The van der Waals surface area contributed by atoms with E-state index in [0.717, 1.165) is 0 Å². The topological polar surface area (TPSA) is 18.5 Å². The first-order chi connectivity index (χ1) is 9.10. The van der Waals surface area contributed by atoms with Gasteiger partial charge in [0.15, 0.2) is 0 Å². The molecule has 0 aliphatic carbocycles. The Morgan fingerprint density at radius 2 is 1.70 bits per heavy atom. The number of benzene rings is 1. The summed E-state index contributed by atoms with van der Waals surface area (Å²) in [4.78, 5) is 0. The summed E-state index contributed by atoms with van der Waals surface area (Å²) in [5.74, 6) is -0.479. The second kappa shape index (κ2) is 5.43. The molecule has 0 atom stereocenters. The van der Waals surface area contributed by atoms with Gasteiger partial charge in [-0.05, 0) is 39.3 Å². The minimum Gasteiger partial charge on any atom is -0.399 e. The quantitative estimate of drug-likeness (QED) is 0.430. The van der Waals surface area contributed by atoms with Crippen molar-refractivity contribution < 1.29 is 13.7 Å². The third-order valence-corrected chi connectivity index (χ3v) is 5.32. The van der Waals surface area contributed by atoms with Crippen molar-refractivity contribution in [2.75, 3.05) is 0 Å². The van der Waals surface area contributed by atoms with Crippen LogP contribution < -0.4 is 5.46 Å². The van der Waals surface area contributed by atoms with Gasteiger partial charge in [-0.15, -0.1) is 0 Å². The van der Waals surface area contributed by atoms with Crippen LogP contribution >= 0.6 is 39.1 Å². The number of hydrogen-bond acceptors (Lipinski definition) is 2. The predicted molar refractivity (Wildman–Crippen MR) is 84.8 cm³/mol. The fourth-order valence-electron chi connectivity index (χ4n) is 2.01. The van der Waals surface area contributed by atoms with Crippen LogP contribution in [0, 0.1) is 5.82 Å². The summed E-state index contributed by atoms with van der Waals surface area (Å²) >= 11 is 15.4. The Morgan fingerprint density at radius 3 is 2.15 bits per heavy atom. The monoisotopic (exact) mass is 382 g/mol. The Morgan fingerprint density at radius 1 is 1.20 bits per heavy atom. The van der Waals surface area contributed by atoms with E-state index in [4.69, 9.17) is 32.5 Å². The van der Waals surface area contributed by atoms with Crippen LogP contribution in [0.3, 0.4) is 0 Å². The van der Waals surface area contributed by atoms with Crippen LogP contribution in [0.1, 0.15) is 33.3 Å². The van der Waals surface area contributed by atoms with Gasteiger partial charge in [0.2, 0.25) is 0 Å². The van der Waals surface area contributed by atoms with Gasteiger partial charge in [0.05, 0.1) is 21.2 Å². The molecule has 2 nitrogen and oxygen atoms in total. The van der Waals surface area contributed by atoms with Crippen LogP contribution in [-0.2, 0) is 14.6 Å². The van der Waals surface area contributed by atoms with Crippen molar-refractivity contribution in [1.29, 1.82) is 0 Å². The molecule has 0 radical (unpaired) electrons. The third-order valence-electron chi connectivity index (χ3n) is 3.93. The van der Waals surface area contributed by atoms with Gasteiger partial charge in [-0.25, -0.2) is 4.39 Å². The van der Waals surface area contributed by atoms with Gasteiger partial charge < -0.3 is 9.31 Å². The standard InChI is InChI=1S/C13H15BBrCl2FO2/c1-12(2)13(3,4)20-14(19-12)10-7(6-15)11(17)8(16)5-9(10)18/h5H,6H2,1-4H3. The van der Waals surface area contributed by atoms with E-state index in [9.17, 15) is 4.39 Å². The minimum absolute atomic E-state index is 0.180. The molecule has 0 spiro atoms. The van der Waals surface area contributed by atoms with Crippen LogP contribution in [0.2, 0.25) is 10.0 Å². The van der Waals surface area contributed by atoms with E-state index in [-0.39, 0.29) is 5.02 Å². The summed E-state index contributed by atoms with van der Waals surface area (Å²) in [7, 11) is -0.803. The number of hydrogen-bond donors (Lipinski definition) is 0. The molecule has 2 rings (SSSR count). The molecule has 20 heavy (non-hydrogen) atoms. The van der Waals surface area contributed by atoms with Crippen molar-refractivity contribution in [1.82, 2.24) is 0 Å². The molecule has 0 unspecified atom stereocenters. The molecule has 1 fully saturated rings. The first-order valence-electron chi connectivity index (χ1n) is 6.18. The average molecular weight is 384 g/mol. The van der Waals surface area contributed by atoms with Crippen molar-refractivity contribution in [3.05, 3.63) is 27.5 Å². The molecule has 0 bridgehead atoms. The van der Waals surface area contributed by atoms with Gasteiger partial charge in [0, 0.05) is 10.8 Å². The largest absolute Gasteiger partial charge is 0.498 e. The lowest BCUT2D eigenvalue weighted by molar-refractivity contribution is 0.00578. The highest BCUT2D eigenvalue weighted by atomic mass is 79.9. The van der Waals surface area contributed by atoms with Crippen molar-refractivity contribution in [3.8, 4) is 0 Å². The molecule has 0 saturated carbocycles. The molecule has 1 saturated heterocycles. The lowest BCUT2D eigenvalue weighted by atomic mass is 9.75. The minimum atomic E-state index is -0.803. The van der Waals surface area contributed by atoms with E-state index in [1.165, 1.54) is 6.07 Å². The summed E-state index contributed by atoms with van der Waals surface area (Å²) in [6.07, 6.45) is 0. The van der Waals surface area contributed by atoms with E-state index in [1.807, 2.05) is 27.7 Å². The third kappa shape index (κ3) is 2.63. The zero-order valence-electron chi connectivity index (χ0n) is 11.7. The number of rotatable bonds is 2. The Bertz CT molecular complexity index is 536. The van der Waals surface area contributed by atoms with Crippen LogP contribution in [0.25, 0.3) is 0 Å². The maximum absolute atomic E-state index is 14.3. The predicted octanol–water partition coefficient (Wildman–Crippen LogP) is 4.33. The lowest BCUT2D eigenvalue weighted by Crippen LogP contribution is -2.41. The molecular weight excluding hydrogens is 369 g/mol. The van der Waals surface area contributed by atoms with Crippen molar-refractivity contribution in [3.63, 3.8) is 0 Å². The molecule has 0 N–H and O–H groups in total. The SMILES string of the molecule is CC1(C)OB(c2c(F)cc(Cl)c(Cl)c2CBr)OC1(C)C. The highest BCUT2D eigenvalue weighted by Crippen LogP contribution is 2.38. The molecule has 7 heteroatoms. The van der Waals surface area contributed by atoms with Gasteiger partial charge in [-0.3, -0.25) is 0 Å². The summed E-state index contributed by atoms with van der Waals surface area (Å²) in [6, 6.07) is 1.19. The van der Waals surface area contributed by atoms with Crippen molar-refractivity contribution >= 4 is 51.7 Å². The maximum atomic E-state index is 14.3. The van der Waals surface area contributed by atoms with E-state index < -0.39 is 24.1 Å². The highest BCUT2D eigenvalue weighted by Gasteiger charge is 2.53. The smallest absolute Gasteiger partial charge is 0.399 e. The fourth-order valence-corrected chi connectivity index (χ4v) is 3.18. The number of alkyl halides is 1. The van der Waals surface area contributed by atoms with Gasteiger partial charge in [0.25, 0.3) is 0 Å². The Labute approximate surface area is 137 Å². The van der Waals surface area contributed by atoms with Gasteiger partial charge >= 0.3 is 7.12 Å². The molecule has 110 valence electrons. The maximum Gasteiger partial charge on any atom is 0.498 e. The Kier molecular flexibility index (Phi) is 4.50. The molecule has 1 heterocycles. The Balaban J connectivity index is 2.53. The molecule has 0 aromatic heterocycles. The molecule has 1 aliphatic heterocycles. The average Bonchev–Trinajstić information content (AvgIpc) is 2.52. The summed E-state index contributed by atoms with van der Waals surface area (Å²) in [5, 5.41) is 0.858. The van der Waals surface area contributed by atoms with E-state index in [2.05, 4.69) is 15.9 Å². The lowest BCUT2D eigenvalue weighted by Gasteiger charge is -2.32. The first kappa shape index (κ1) is 16.6. The molecule has 1 aromatic rings. The van der Waals surface area contributed by atoms with Gasteiger partial charge in [-0.1, -0.05) is 39.1 Å². The van der Waals surface area contributed by atoms with Gasteiger partial charge in [0.1, 0.15) is 5.82 Å². The number of halogens is 4. The summed E-state index contributed by atoms with van der Waals surface area (Å²) in [6.45, 7) is 7.65. The Hall–Kier alpha value is 0.195. The van der Waals surface area contributed by atoms with E-state index >= 15 is 0 Å². The van der Waals surface area contributed by atoms with Gasteiger partial charge in [-0.2, -0.15) is 0 Å². The zero-order valence-corrected chi connectivity index (χ0v) is 14.8. The summed E-state index contributed by atoms with van der Waals surface area (Å²) < 4.78 is 26.1. The first-order valence-corrected chi connectivity index (χ1v) is 8.06. The second-order valence-electron chi connectivity index (χ2n) is 5.77. The van der Waals surface area contributed by atoms with Crippen LogP contribution in [0.5, 0.6) is 0 Å². The second-order valence-corrected chi connectivity index (χ2v) is 7.11. The van der Waals surface area contributed by atoms with Crippen LogP contribution in [0.4, 0.5) is 4.39 Å². The highest BCUT2D eigenvalue weighted by molar-refractivity contribution is 9.08. The molecule has 0 amide bonds. The normalized spacial score (nSPS) is 20.5. The van der Waals surface area contributed by atoms with Crippen LogP contribution in [0.15, 0.2) is 6.07 Å². The van der Waals surface area contributed by atoms with Crippen molar-refractivity contribution in [2.45, 2.75) is 44.2 Å². The fraction of sp³-hybridized carbons (Fsp3) is 0.538. The van der Waals surface area contributed by atoms with E-state index in [0.29, 0.717) is 21.4 Å². The molecular formula is C13H15BBrCl2FO2. The molecule has 1 aromatic carbocycles.